The molecule has 0 spiro atoms. The number of fused-ring (bicyclic) bond motifs is 1. The molecule has 0 aromatic heterocycles. The molecule has 6 nitrogen and oxygen atoms in total. The molecule has 0 saturated heterocycles. The minimum absolute atomic E-state index is 0.00239. The van der Waals surface area contributed by atoms with Gasteiger partial charge in [-0.2, -0.15) is 0 Å². The Morgan fingerprint density at radius 1 is 1.41 bits per heavy atom. The minimum atomic E-state index is -0.687. The molecule has 0 radical (unpaired) electrons. The van der Waals surface area contributed by atoms with E-state index in [1.165, 1.54) is 0 Å². The fourth-order valence-electron chi connectivity index (χ4n) is 2.61. The molecular formula is C16H23N3O3. The van der Waals surface area contributed by atoms with E-state index in [0.29, 0.717) is 13.0 Å². The van der Waals surface area contributed by atoms with E-state index in [9.17, 15) is 9.59 Å². The molecule has 3 amide bonds. The van der Waals surface area contributed by atoms with Gasteiger partial charge < -0.3 is 21.1 Å². The molecule has 0 unspecified atom stereocenters. The van der Waals surface area contributed by atoms with Crippen molar-refractivity contribution in [3.05, 3.63) is 29.8 Å². The minimum Gasteiger partial charge on any atom is -0.493 e. The van der Waals surface area contributed by atoms with E-state index < -0.39 is 12.1 Å². The second-order valence-corrected chi connectivity index (χ2v) is 5.61. The monoisotopic (exact) mass is 305 g/mol. The molecule has 1 aromatic carbocycles. The Kier molecular flexibility index (Phi) is 5.25. The van der Waals surface area contributed by atoms with Gasteiger partial charge in [0.05, 0.1) is 12.6 Å². The van der Waals surface area contributed by atoms with Crippen molar-refractivity contribution in [1.82, 2.24) is 10.6 Å². The summed E-state index contributed by atoms with van der Waals surface area (Å²) in [5.41, 5.74) is 6.15. The highest BCUT2D eigenvalue weighted by Crippen LogP contribution is 2.31. The van der Waals surface area contributed by atoms with Gasteiger partial charge in [-0.05, 0) is 12.0 Å². The smallest absolute Gasteiger partial charge is 0.312 e. The number of ether oxygens (including phenoxy) is 1. The maximum atomic E-state index is 12.5. The number of rotatable bonds is 5. The number of nitrogens with two attached hydrogens (primary N) is 1. The standard InChI is InChI=1S/C16H23N3O3/c1-3-10(2)14(19-16(17)21)15(20)18-12-8-9-22-13-7-5-4-6-11(12)13/h4-7,10,12,14H,3,8-9H2,1-2H3,(H,18,20)(H3,17,19,21)/t10-,12-,14-/m0/s1. The normalized spacial score (nSPS) is 19.3. The molecule has 2 rings (SSSR count). The lowest BCUT2D eigenvalue weighted by Gasteiger charge is -2.29. The highest BCUT2D eigenvalue weighted by Gasteiger charge is 2.29. The number of hydrogen-bond donors (Lipinski definition) is 3. The Morgan fingerprint density at radius 3 is 2.82 bits per heavy atom. The van der Waals surface area contributed by atoms with Crippen molar-refractivity contribution in [2.24, 2.45) is 11.7 Å². The van der Waals surface area contributed by atoms with Gasteiger partial charge in [0.2, 0.25) is 5.91 Å². The number of para-hydroxylation sites is 1. The van der Waals surface area contributed by atoms with Gasteiger partial charge in [-0.3, -0.25) is 4.79 Å². The molecule has 1 aromatic rings. The van der Waals surface area contributed by atoms with Crippen LogP contribution in [0.4, 0.5) is 4.79 Å². The maximum Gasteiger partial charge on any atom is 0.312 e. The number of nitrogens with one attached hydrogen (secondary N) is 2. The summed E-state index contributed by atoms with van der Waals surface area (Å²) >= 11 is 0. The molecule has 1 heterocycles. The molecular weight excluding hydrogens is 282 g/mol. The second-order valence-electron chi connectivity index (χ2n) is 5.61. The number of amides is 3. The summed E-state index contributed by atoms with van der Waals surface area (Å²) in [4.78, 5) is 23.7. The van der Waals surface area contributed by atoms with E-state index in [0.717, 1.165) is 17.7 Å². The lowest BCUT2D eigenvalue weighted by Crippen LogP contribution is -2.52. The van der Waals surface area contributed by atoms with Gasteiger partial charge in [-0.15, -0.1) is 0 Å². The van der Waals surface area contributed by atoms with Gasteiger partial charge >= 0.3 is 6.03 Å². The van der Waals surface area contributed by atoms with Crippen LogP contribution in [0.25, 0.3) is 0 Å². The van der Waals surface area contributed by atoms with E-state index in [-0.39, 0.29) is 17.9 Å². The van der Waals surface area contributed by atoms with Crippen LogP contribution in [-0.2, 0) is 4.79 Å². The number of urea groups is 1. The predicted octanol–water partition coefficient (Wildman–Crippen LogP) is 1.71. The lowest BCUT2D eigenvalue weighted by molar-refractivity contribution is -0.125. The van der Waals surface area contributed by atoms with E-state index >= 15 is 0 Å². The van der Waals surface area contributed by atoms with Crippen molar-refractivity contribution in [1.29, 1.82) is 0 Å². The van der Waals surface area contributed by atoms with Crippen LogP contribution in [0.2, 0.25) is 0 Å². The van der Waals surface area contributed by atoms with Crippen molar-refractivity contribution >= 4 is 11.9 Å². The summed E-state index contributed by atoms with van der Waals surface area (Å²) in [7, 11) is 0. The zero-order valence-electron chi connectivity index (χ0n) is 13.0. The molecule has 1 aliphatic rings. The first kappa shape index (κ1) is 16.1. The number of hydrogen-bond acceptors (Lipinski definition) is 3. The van der Waals surface area contributed by atoms with E-state index in [1.54, 1.807) is 0 Å². The average molecular weight is 305 g/mol. The Morgan fingerprint density at radius 2 is 2.14 bits per heavy atom. The van der Waals surface area contributed by atoms with Gasteiger partial charge in [0.15, 0.2) is 0 Å². The van der Waals surface area contributed by atoms with Crippen molar-refractivity contribution in [2.45, 2.75) is 38.8 Å². The maximum absolute atomic E-state index is 12.5. The zero-order chi connectivity index (χ0) is 16.1. The summed E-state index contributed by atoms with van der Waals surface area (Å²) < 4.78 is 5.59. The molecule has 6 heteroatoms. The van der Waals surface area contributed by atoms with E-state index in [4.69, 9.17) is 10.5 Å². The number of benzene rings is 1. The molecule has 22 heavy (non-hydrogen) atoms. The summed E-state index contributed by atoms with van der Waals surface area (Å²) in [6.07, 6.45) is 1.47. The van der Waals surface area contributed by atoms with Crippen LogP contribution in [0.3, 0.4) is 0 Å². The highest BCUT2D eigenvalue weighted by atomic mass is 16.5. The third-order valence-electron chi connectivity index (χ3n) is 4.07. The molecule has 0 bridgehead atoms. The van der Waals surface area contributed by atoms with Crippen LogP contribution in [-0.4, -0.2) is 24.6 Å². The van der Waals surface area contributed by atoms with Crippen molar-refractivity contribution in [3.8, 4) is 5.75 Å². The molecule has 0 fully saturated rings. The summed E-state index contributed by atoms with van der Waals surface area (Å²) in [5.74, 6) is 0.583. The first-order chi connectivity index (χ1) is 10.5. The van der Waals surface area contributed by atoms with Gasteiger partial charge in [0, 0.05) is 12.0 Å². The summed E-state index contributed by atoms with van der Waals surface area (Å²) in [5, 5.41) is 5.55. The SMILES string of the molecule is CC[C@H](C)[C@H](NC(N)=O)C(=O)N[C@H]1CCOc2ccccc21. The number of primary amides is 1. The molecule has 1 aliphatic heterocycles. The molecule has 0 saturated carbocycles. The highest BCUT2D eigenvalue weighted by molar-refractivity contribution is 5.87. The molecule has 3 atom stereocenters. The first-order valence-corrected chi connectivity index (χ1v) is 7.61. The van der Waals surface area contributed by atoms with Crippen LogP contribution in [0.5, 0.6) is 5.75 Å². The van der Waals surface area contributed by atoms with E-state index in [2.05, 4.69) is 10.6 Å². The predicted molar refractivity (Wildman–Crippen MR) is 83.4 cm³/mol. The molecule has 120 valence electrons. The fourth-order valence-corrected chi connectivity index (χ4v) is 2.61. The van der Waals surface area contributed by atoms with Crippen molar-refractivity contribution in [2.75, 3.05) is 6.61 Å². The quantitative estimate of drug-likeness (QED) is 0.773. The molecule has 0 aliphatic carbocycles. The van der Waals surface area contributed by atoms with Gasteiger partial charge in [0.25, 0.3) is 0 Å². The topological polar surface area (TPSA) is 93.5 Å². The van der Waals surface area contributed by atoms with Crippen LogP contribution in [0.1, 0.15) is 38.3 Å². The Bertz CT molecular complexity index is 547. The van der Waals surface area contributed by atoms with Gasteiger partial charge in [-0.1, -0.05) is 38.5 Å². The summed E-state index contributed by atoms with van der Waals surface area (Å²) in [6, 6.07) is 6.23. The van der Waals surface area contributed by atoms with E-state index in [1.807, 2.05) is 38.1 Å². The Balaban J connectivity index is 2.12. The van der Waals surface area contributed by atoms with Crippen molar-refractivity contribution < 1.29 is 14.3 Å². The lowest BCUT2D eigenvalue weighted by atomic mass is 9.96. The summed E-state index contributed by atoms with van der Waals surface area (Å²) in [6.45, 7) is 4.44. The van der Waals surface area contributed by atoms with Crippen molar-refractivity contribution in [3.63, 3.8) is 0 Å². The second kappa shape index (κ2) is 7.15. The largest absolute Gasteiger partial charge is 0.493 e. The Hall–Kier alpha value is -2.24. The zero-order valence-corrected chi connectivity index (χ0v) is 13.0. The van der Waals surface area contributed by atoms with Crippen LogP contribution < -0.4 is 21.1 Å². The number of carbonyl (C=O) groups is 2. The van der Waals surface area contributed by atoms with Crippen LogP contribution >= 0.6 is 0 Å². The third-order valence-corrected chi connectivity index (χ3v) is 4.07. The van der Waals surface area contributed by atoms with Gasteiger partial charge in [-0.25, -0.2) is 4.79 Å². The third kappa shape index (κ3) is 3.69. The average Bonchev–Trinajstić information content (AvgIpc) is 2.52. The number of carbonyl (C=O) groups excluding carboxylic acids is 2. The first-order valence-electron chi connectivity index (χ1n) is 7.61. The molecule has 4 N–H and O–H groups in total. The van der Waals surface area contributed by atoms with Crippen LogP contribution in [0, 0.1) is 5.92 Å². The van der Waals surface area contributed by atoms with Crippen LogP contribution in [0.15, 0.2) is 24.3 Å². The fraction of sp³-hybridized carbons (Fsp3) is 0.500. The van der Waals surface area contributed by atoms with Gasteiger partial charge in [0.1, 0.15) is 11.8 Å². The Labute approximate surface area is 130 Å².